The van der Waals surface area contributed by atoms with Crippen LogP contribution in [0.15, 0.2) is 12.1 Å². The van der Waals surface area contributed by atoms with E-state index in [4.69, 9.17) is 5.73 Å². The number of nitrogens with two attached hydrogens (primary N) is 1. The van der Waals surface area contributed by atoms with E-state index in [1.807, 2.05) is 0 Å². The van der Waals surface area contributed by atoms with Gasteiger partial charge in [0.25, 0.3) is 0 Å². The molecule has 1 heterocycles. The van der Waals surface area contributed by atoms with Crippen LogP contribution in [-0.2, 0) is 0 Å². The van der Waals surface area contributed by atoms with Gasteiger partial charge in [0.2, 0.25) is 5.82 Å². The number of aliphatic hydroxyl groups excluding tert-OH is 1. The summed E-state index contributed by atoms with van der Waals surface area (Å²) in [4.78, 5) is 13.8. The van der Waals surface area contributed by atoms with Crippen molar-refractivity contribution in [3.63, 3.8) is 0 Å². The number of pyridine rings is 1. The van der Waals surface area contributed by atoms with E-state index in [2.05, 4.69) is 10.3 Å². The Hall–Kier alpha value is -1.89. The highest BCUT2D eigenvalue weighted by atomic mass is 16.6. The van der Waals surface area contributed by atoms with Crippen LogP contribution in [0, 0.1) is 10.1 Å². The molecule has 17 heavy (non-hydrogen) atoms. The van der Waals surface area contributed by atoms with E-state index in [-0.39, 0.29) is 11.5 Å². The highest BCUT2D eigenvalue weighted by Crippen LogP contribution is 2.23. The number of aliphatic hydroxyl groups is 1. The van der Waals surface area contributed by atoms with Crippen molar-refractivity contribution in [1.29, 1.82) is 0 Å². The molecule has 0 radical (unpaired) electrons. The highest BCUT2D eigenvalue weighted by Gasteiger charge is 2.24. The van der Waals surface area contributed by atoms with Gasteiger partial charge >= 0.3 is 5.69 Å². The Balaban J connectivity index is 2.96. The average Bonchev–Trinajstić information content (AvgIpc) is 2.15. The second-order valence-corrected chi connectivity index (χ2v) is 4.38. The van der Waals surface area contributed by atoms with Crippen molar-refractivity contribution in [3.8, 4) is 0 Å². The number of nitrogens with one attached hydrogen (secondary N) is 1. The number of nitrogen functional groups attached to an aromatic ring is 1. The third-order valence-electron chi connectivity index (χ3n) is 2.59. The molecule has 0 spiro atoms. The molecular weight excluding hydrogens is 224 g/mol. The maximum atomic E-state index is 10.6. The molecule has 0 aliphatic rings. The zero-order valence-corrected chi connectivity index (χ0v) is 9.97. The first-order chi connectivity index (χ1) is 7.74. The predicted molar refractivity (Wildman–Crippen MR) is 64.7 cm³/mol. The van der Waals surface area contributed by atoms with Crippen molar-refractivity contribution < 1.29 is 10.0 Å². The fraction of sp³-hybridized carbons (Fsp3) is 0.500. The van der Waals surface area contributed by atoms with Gasteiger partial charge in [0.15, 0.2) is 0 Å². The summed E-state index contributed by atoms with van der Waals surface area (Å²) in [6, 6.07) is 2.74. The van der Waals surface area contributed by atoms with E-state index in [9.17, 15) is 15.2 Å². The molecule has 0 aliphatic carbocycles. The first-order valence-corrected chi connectivity index (χ1v) is 5.11. The number of hydrogen-bond donors (Lipinski definition) is 3. The van der Waals surface area contributed by atoms with Crippen molar-refractivity contribution in [2.24, 2.45) is 0 Å². The third-order valence-corrected chi connectivity index (χ3v) is 2.59. The molecule has 1 unspecified atom stereocenters. The van der Waals surface area contributed by atoms with Gasteiger partial charge in [0.1, 0.15) is 5.82 Å². The average molecular weight is 240 g/mol. The van der Waals surface area contributed by atoms with Crippen LogP contribution >= 0.6 is 0 Å². The topological polar surface area (TPSA) is 114 Å². The van der Waals surface area contributed by atoms with Crippen molar-refractivity contribution >= 4 is 17.3 Å². The Morgan fingerprint density at radius 2 is 2.18 bits per heavy atom. The minimum Gasteiger partial charge on any atom is -0.391 e. The summed E-state index contributed by atoms with van der Waals surface area (Å²) in [7, 11) is 0. The fourth-order valence-electron chi connectivity index (χ4n) is 1.13. The number of anilines is 2. The van der Waals surface area contributed by atoms with Gasteiger partial charge in [-0.05, 0) is 26.8 Å². The van der Waals surface area contributed by atoms with Crippen LogP contribution in [0.2, 0.25) is 0 Å². The zero-order chi connectivity index (χ0) is 13.2. The maximum Gasteiger partial charge on any atom is 0.311 e. The summed E-state index contributed by atoms with van der Waals surface area (Å²) >= 11 is 0. The molecule has 0 amide bonds. The number of rotatable bonds is 4. The summed E-state index contributed by atoms with van der Waals surface area (Å²) in [5, 5.41) is 23.0. The van der Waals surface area contributed by atoms with Gasteiger partial charge in [-0.2, -0.15) is 0 Å². The van der Waals surface area contributed by atoms with Gasteiger partial charge in [-0.25, -0.2) is 4.98 Å². The first-order valence-electron chi connectivity index (χ1n) is 5.11. The van der Waals surface area contributed by atoms with Gasteiger partial charge in [-0.3, -0.25) is 10.1 Å². The van der Waals surface area contributed by atoms with Gasteiger partial charge in [0.05, 0.1) is 16.6 Å². The summed E-state index contributed by atoms with van der Waals surface area (Å²) in [5.74, 6) is 0.236. The van der Waals surface area contributed by atoms with Crippen LogP contribution in [0.25, 0.3) is 0 Å². The van der Waals surface area contributed by atoms with Crippen LogP contribution in [0.1, 0.15) is 20.8 Å². The van der Waals surface area contributed by atoms with Crippen LogP contribution in [0.5, 0.6) is 0 Å². The number of nitro groups is 1. The van der Waals surface area contributed by atoms with E-state index in [1.165, 1.54) is 12.1 Å². The lowest BCUT2D eigenvalue weighted by Crippen LogP contribution is -2.42. The molecule has 0 fully saturated rings. The van der Waals surface area contributed by atoms with E-state index >= 15 is 0 Å². The summed E-state index contributed by atoms with van der Waals surface area (Å²) in [6.45, 7) is 5.22. The molecule has 0 saturated carbocycles. The van der Waals surface area contributed by atoms with Crippen molar-refractivity contribution in [2.75, 3.05) is 11.1 Å². The monoisotopic (exact) mass is 240 g/mol. The predicted octanol–water partition coefficient (Wildman–Crippen LogP) is 1.14. The summed E-state index contributed by atoms with van der Waals surface area (Å²) in [6.07, 6.45) is -0.610. The molecular formula is C10H16N4O3. The Morgan fingerprint density at radius 3 is 2.59 bits per heavy atom. The largest absolute Gasteiger partial charge is 0.391 e. The molecule has 1 aromatic heterocycles. The van der Waals surface area contributed by atoms with Crippen molar-refractivity contribution in [1.82, 2.24) is 4.98 Å². The Morgan fingerprint density at radius 1 is 1.59 bits per heavy atom. The third kappa shape index (κ3) is 3.04. The molecule has 1 rings (SSSR count). The summed E-state index contributed by atoms with van der Waals surface area (Å²) in [5.41, 5.74) is 4.63. The molecule has 0 saturated heterocycles. The zero-order valence-electron chi connectivity index (χ0n) is 9.97. The number of aromatic nitrogens is 1. The molecule has 4 N–H and O–H groups in total. The normalized spacial score (nSPS) is 13.2. The van der Waals surface area contributed by atoms with Gasteiger partial charge in [-0.15, -0.1) is 0 Å². The van der Waals surface area contributed by atoms with E-state index in [0.717, 1.165) is 0 Å². The molecule has 0 aliphatic heterocycles. The second kappa shape index (κ2) is 4.54. The molecule has 0 aromatic carbocycles. The SMILES string of the molecule is CC(O)C(C)(C)Nc1ccc([N+](=O)[O-])c(N)n1. The lowest BCUT2D eigenvalue weighted by atomic mass is 9.99. The minimum absolute atomic E-state index is 0.151. The van der Waals surface area contributed by atoms with Crippen LogP contribution in [0.3, 0.4) is 0 Å². The maximum absolute atomic E-state index is 10.6. The lowest BCUT2D eigenvalue weighted by molar-refractivity contribution is -0.384. The molecule has 7 nitrogen and oxygen atoms in total. The molecule has 94 valence electrons. The molecule has 7 heteroatoms. The van der Waals surface area contributed by atoms with Crippen LogP contribution in [-0.4, -0.2) is 26.7 Å². The highest BCUT2D eigenvalue weighted by molar-refractivity contribution is 5.57. The van der Waals surface area contributed by atoms with Gasteiger partial charge < -0.3 is 16.2 Å². The molecule has 0 bridgehead atoms. The Labute approximate surface area is 98.8 Å². The Kier molecular flexibility index (Phi) is 3.52. The standard InChI is InChI=1S/C10H16N4O3/c1-6(15)10(2,3)13-8-5-4-7(14(16)17)9(11)12-8/h4-6,15H,1-3H3,(H3,11,12,13). The quantitative estimate of drug-likeness (QED) is 0.537. The lowest BCUT2D eigenvalue weighted by Gasteiger charge is -2.29. The molecule has 1 atom stereocenters. The Bertz CT molecular complexity index is 432. The van der Waals surface area contributed by atoms with E-state index in [1.54, 1.807) is 20.8 Å². The number of nitrogens with zero attached hydrogens (tertiary/aromatic N) is 2. The second-order valence-electron chi connectivity index (χ2n) is 4.38. The van der Waals surface area contributed by atoms with Gasteiger partial charge in [-0.1, -0.05) is 0 Å². The summed E-state index contributed by atoms with van der Waals surface area (Å²) < 4.78 is 0. The van der Waals surface area contributed by atoms with Crippen molar-refractivity contribution in [3.05, 3.63) is 22.2 Å². The van der Waals surface area contributed by atoms with Gasteiger partial charge in [0, 0.05) is 6.07 Å². The number of hydrogen-bond acceptors (Lipinski definition) is 6. The van der Waals surface area contributed by atoms with Crippen molar-refractivity contribution in [2.45, 2.75) is 32.4 Å². The van der Waals surface area contributed by atoms with Crippen LogP contribution in [0.4, 0.5) is 17.3 Å². The smallest absolute Gasteiger partial charge is 0.311 e. The fourth-order valence-corrected chi connectivity index (χ4v) is 1.13. The van der Waals surface area contributed by atoms with E-state index in [0.29, 0.717) is 5.82 Å². The van der Waals surface area contributed by atoms with E-state index < -0.39 is 16.6 Å². The minimum atomic E-state index is -0.610. The first kappa shape index (κ1) is 13.2. The van der Waals surface area contributed by atoms with Crippen LogP contribution < -0.4 is 11.1 Å². The molecule has 1 aromatic rings.